The van der Waals surface area contributed by atoms with Crippen molar-refractivity contribution in [3.8, 4) is 6.07 Å². The topological polar surface area (TPSA) is 92.3 Å². The van der Waals surface area contributed by atoms with E-state index in [0.717, 1.165) is 6.08 Å². The SMILES string of the molecule is C/C=C\C(=C/C#[N+]OCC1COC(=O)O1)[N+](=O)[O-]. The van der Waals surface area contributed by atoms with E-state index in [1.807, 2.05) is 0 Å². The minimum Gasteiger partial charge on any atom is -0.430 e. The van der Waals surface area contributed by atoms with Crippen molar-refractivity contribution in [2.45, 2.75) is 13.0 Å². The Bertz CT molecular complexity index is 445. The number of cyclic esters (lactones) is 2. The highest BCUT2D eigenvalue weighted by atomic mass is 16.8. The molecule has 18 heavy (non-hydrogen) atoms. The Labute approximate surface area is 102 Å². The van der Waals surface area contributed by atoms with Gasteiger partial charge in [-0.3, -0.25) is 10.1 Å². The van der Waals surface area contributed by atoms with Crippen LogP contribution in [0, 0.1) is 16.2 Å². The van der Waals surface area contributed by atoms with E-state index in [4.69, 9.17) is 4.84 Å². The van der Waals surface area contributed by atoms with Crippen molar-refractivity contribution < 1.29 is 24.0 Å². The Hall–Kier alpha value is -2.56. The highest BCUT2D eigenvalue weighted by molar-refractivity contribution is 5.61. The number of nitrogens with zero attached hydrogens (tertiary/aromatic N) is 2. The number of nitro groups is 1. The number of allylic oxidation sites excluding steroid dienone is 3. The van der Waals surface area contributed by atoms with Crippen molar-refractivity contribution in [2.24, 2.45) is 0 Å². The van der Waals surface area contributed by atoms with Crippen molar-refractivity contribution in [3.63, 3.8) is 0 Å². The first-order valence-electron chi connectivity index (χ1n) is 5.01. The summed E-state index contributed by atoms with van der Waals surface area (Å²) < 4.78 is 9.17. The third-order valence-electron chi connectivity index (χ3n) is 1.79. The predicted molar refractivity (Wildman–Crippen MR) is 59.3 cm³/mol. The molecule has 0 amide bonds. The molecule has 1 aliphatic heterocycles. The molecule has 1 atom stereocenters. The van der Waals surface area contributed by atoms with Gasteiger partial charge < -0.3 is 9.47 Å². The fraction of sp³-hybridized carbons (Fsp3) is 0.400. The normalized spacial score (nSPS) is 18.8. The fourth-order valence-corrected chi connectivity index (χ4v) is 1.03. The van der Waals surface area contributed by atoms with Crippen molar-refractivity contribution in [2.75, 3.05) is 13.2 Å². The molecule has 1 heterocycles. The maximum atomic E-state index is 10.5. The van der Waals surface area contributed by atoms with E-state index in [9.17, 15) is 14.9 Å². The first-order valence-corrected chi connectivity index (χ1v) is 5.01. The molecule has 1 aliphatic rings. The van der Waals surface area contributed by atoms with Crippen LogP contribution in [0.2, 0.25) is 0 Å². The van der Waals surface area contributed by atoms with Crippen LogP contribution in [0.3, 0.4) is 0 Å². The van der Waals surface area contributed by atoms with Gasteiger partial charge in [0.2, 0.25) is 11.6 Å². The van der Waals surface area contributed by atoms with E-state index in [1.165, 1.54) is 12.2 Å². The largest absolute Gasteiger partial charge is 0.508 e. The van der Waals surface area contributed by atoms with E-state index in [-0.39, 0.29) is 18.9 Å². The van der Waals surface area contributed by atoms with Gasteiger partial charge in [-0.05, 0) is 6.92 Å². The van der Waals surface area contributed by atoms with E-state index >= 15 is 0 Å². The van der Waals surface area contributed by atoms with E-state index in [2.05, 4.69) is 20.6 Å². The maximum absolute atomic E-state index is 10.5. The van der Waals surface area contributed by atoms with Gasteiger partial charge in [-0.1, -0.05) is 6.08 Å². The summed E-state index contributed by atoms with van der Waals surface area (Å²) in [4.78, 5) is 25.2. The molecular weight excluding hydrogens is 244 g/mol. The van der Waals surface area contributed by atoms with Crippen LogP contribution >= 0.6 is 0 Å². The van der Waals surface area contributed by atoms with Gasteiger partial charge in [0.25, 0.3) is 5.70 Å². The van der Waals surface area contributed by atoms with Gasteiger partial charge in [0, 0.05) is 6.08 Å². The lowest BCUT2D eigenvalue weighted by Crippen LogP contribution is -2.15. The van der Waals surface area contributed by atoms with Crippen LogP contribution in [0.4, 0.5) is 4.79 Å². The molecule has 1 saturated heterocycles. The van der Waals surface area contributed by atoms with Gasteiger partial charge in [-0.15, -0.1) is 0 Å². The molecule has 0 aromatic heterocycles. The molecule has 0 aromatic carbocycles. The Kier molecular flexibility index (Phi) is 5.18. The molecule has 96 valence electrons. The summed E-state index contributed by atoms with van der Waals surface area (Å²) in [6.45, 7) is 1.76. The van der Waals surface area contributed by atoms with Gasteiger partial charge in [0.15, 0.2) is 6.10 Å². The second-order valence-corrected chi connectivity index (χ2v) is 3.14. The number of carbonyl (C=O) groups excluding carboxylic acids is 1. The monoisotopic (exact) mass is 255 g/mol. The zero-order valence-corrected chi connectivity index (χ0v) is 9.57. The second kappa shape index (κ2) is 6.90. The Morgan fingerprint density at radius 3 is 3.11 bits per heavy atom. The summed E-state index contributed by atoms with van der Waals surface area (Å²) in [5.74, 6) is 0. The molecule has 0 bridgehead atoms. The minimum atomic E-state index is -0.750. The Morgan fingerprint density at radius 1 is 1.78 bits per heavy atom. The van der Waals surface area contributed by atoms with Gasteiger partial charge in [0.1, 0.15) is 12.7 Å². The van der Waals surface area contributed by atoms with Crippen molar-refractivity contribution in [3.05, 3.63) is 39.0 Å². The maximum Gasteiger partial charge on any atom is 0.508 e. The van der Waals surface area contributed by atoms with Gasteiger partial charge >= 0.3 is 12.2 Å². The third-order valence-corrected chi connectivity index (χ3v) is 1.79. The molecule has 0 aliphatic carbocycles. The van der Waals surface area contributed by atoms with Crippen molar-refractivity contribution in [1.29, 1.82) is 0 Å². The molecule has 0 N–H and O–H groups in total. The van der Waals surface area contributed by atoms with Crippen LogP contribution in [-0.4, -0.2) is 30.4 Å². The quantitative estimate of drug-likeness (QED) is 0.248. The van der Waals surface area contributed by atoms with Crippen LogP contribution in [0.5, 0.6) is 0 Å². The zero-order chi connectivity index (χ0) is 13.4. The van der Waals surface area contributed by atoms with E-state index < -0.39 is 17.2 Å². The van der Waals surface area contributed by atoms with Crippen LogP contribution in [0.15, 0.2) is 23.9 Å². The molecule has 0 saturated carbocycles. The summed E-state index contributed by atoms with van der Waals surface area (Å²) in [7, 11) is 0. The highest BCUT2D eigenvalue weighted by Crippen LogP contribution is 2.06. The Balaban J connectivity index is 2.39. The summed E-state index contributed by atoms with van der Waals surface area (Å²) in [5, 5.41) is 13.8. The van der Waals surface area contributed by atoms with Crippen molar-refractivity contribution >= 4 is 6.16 Å². The second-order valence-electron chi connectivity index (χ2n) is 3.14. The molecule has 0 spiro atoms. The zero-order valence-electron chi connectivity index (χ0n) is 9.57. The number of rotatable bonds is 4. The van der Waals surface area contributed by atoms with Crippen LogP contribution in [-0.2, 0) is 14.3 Å². The highest BCUT2D eigenvalue weighted by Gasteiger charge is 2.27. The lowest BCUT2D eigenvalue weighted by molar-refractivity contribution is -0.418. The molecule has 8 heteroatoms. The lowest BCUT2D eigenvalue weighted by atomic mass is 10.4. The lowest BCUT2D eigenvalue weighted by Gasteiger charge is -1.95. The summed E-state index contributed by atoms with van der Waals surface area (Å²) in [5.41, 5.74) is -0.166. The average molecular weight is 255 g/mol. The van der Waals surface area contributed by atoms with E-state index in [1.54, 1.807) is 6.92 Å². The molecule has 1 unspecified atom stereocenters. The predicted octanol–water partition coefficient (Wildman–Crippen LogP) is 1.52. The standard InChI is InChI=1S/C10H11N2O6/c1-2-3-8(12(14)15)4-5-11-17-7-9-6-16-10(13)18-9/h2-4,9H,6-7H2,1H3/q+1/b3-2-,8-4+. The molecule has 0 radical (unpaired) electrons. The first kappa shape index (κ1) is 13.5. The summed E-state index contributed by atoms with van der Waals surface area (Å²) >= 11 is 0. The average Bonchev–Trinajstić information content (AvgIpc) is 2.73. The fourth-order valence-electron chi connectivity index (χ4n) is 1.03. The minimum absolute atomic E-state index is 0.00396. The molecular formula is C10H11N2O6+. The molecule has 1 fully saturated rings. The van der Waals surface area contributed by atoms with Crippen molar-refractivity contribution in [1.82, 2.24) is 0 Å². The summed E-state index contributed by atoms with van der Waals surface area (Å²) in [6.07, 6.45) is 2.62. The third kappa shape index (κ3) is 4.52. The smallest absolute Gasteiger partial charge is 0.430 e. The number of ether oxygens (including phenoxy) is 2. The van der Waals surface area contributed by atoms with Crippen LogP contribution in [0.25, 0.3) is 5.01 Å². The van der Waals surface area contributed by atoms with Gasteiger partial charge in [-0.25, -0.2) is 4.79 Å². The van der Waals surface area contributed by atoms with Gasteiger partial charge in [0.05, 0.1) is 4.92 Å². The molecule has 1 rings (SSSR count). The first-order chi connectivity index (χ1) is 8.63. The molecule has 8 nitrogen and oxygen atoms in total. The van der Waals surface area contributed by atoms with Crippen LogP contribution < -0.4 is 0 Å². The number of carbonyl (C=O) groups is 1. The molecule has 0 aromatic rings. The Morgan fingerprint density at radius 2 is 2.56 bits per heavy atom. The van der Waals surface area contributed by atoms with E-state index in [0.29, 0.717) is 0 Å². The number of hydrogen-bond acceptors (Lipinski definition) is 6. The van der Waals surface area contributed by atoms with Crippen LogP contribution in [0.1, 0.15) is 6.92 Å². The summed E-state index contributed by atoms with van der Waals surface area (Å²) in [6, 6.07) is 2.25. The van der Waals surface area contributed by atoms with Gasteiger partial charge in [-0.2, -0.15) is 4.84 Å². The number of hydrogen-bond donors (Lipinski definition) is 0.